The SMILES string of the molecule is O=C(O)c1cccc(-n2ncc3c2COC3)c1. The molecule has 5 heteroatoms. The minimum atomic E-state index is -0.938. The molecule has 86 valence electrons. The van der Waals surface area contributed by atoms with E-state index in [4.69, 9.17) is 9.84 Å². The van der Waals surface area contributed by atoms with Crippen LogP contribution >= 0.6 is 0 Å². The van der Waals surface area contributed by atoms with E-state index in [1.807, 2.05) is 6.07 Å². The zero-order valence-electron chi connectivity index (χ0n) is 8.96. The third-order valence-corrected chi connectivity index (χ3v) is 2.79. The molecule has 1 N–H and O–H groups in total. The maximum absolute atomic E-state index is 10.9. The number of aromatic carboxylic acids is 1. The van der Waals surface area contributed by atoms with E-state index in [2.05, 4.69) is 5.10 Å². The Morgan fingerprint density at radius 3 is 3.12 bits per heavy atom. The topological polar surface area (TPSA) is 64.3 Å². The summed E-state index contributed by atoms with van der Waals surface area (Å²) in [6, 6.07) is 6.71. The van der Waals surface area contributed by atoms with Crippen LogP contribution in [0, 0.1) is 0 Å². The first-order valence-electron chi connectivity index (χ1n) is 5.23. The normalized spacial score (nSPS) is 13.6. The molecule has 2 heterocycles. The monoisotopic (exact) mass is 230 g/mol. The Bertz CT molecular complexity index is 589. The lowest BCUT2D eigenvalue weighted by Gasteiger charge is -2.05. The van der Waals surface area contributed by atoms with E-state index in [1.165, 1.54) is 0 Å². The molecule has 0 saturated heterocycles. The van der Waals surface area contributed by atoms with Crippen LogP contribution in [0.2, 0.25) is 0 Å². The van der Waals surface area contributed by atoms with Crippen molar-refractivity contribution in [3.05, 3.63) is 47.3 Å². The van der Waals surface area contributed by atoms with Gasteiger partial charge in [-0.25, -0.2) is 9.48 Å². The number of rotatable bonds is 2. The lowest BCUT2D eigenvalue weighted by atomic mass is 10.2. The first-order valence-corrected chi connectivity index (χ1v) is 5.23. The van der Waals surface area contributed by atoms with Gasteiger partial charge in [-0.3, -0.25) is 0 Å². The fourth-order valence-electron chi connectivity index (χ4n) is 1.93. The standard InChI is InChI=1S/C12H10N2O3/c15-12(16)8-2-1-3-10(4-8)14-11-7-17-6-9(11)5-13-14/h1-5H,6-7H2,(H,15,16). The van der Waals surface area contributed by atoms with Gasteiger partial charge in [0.1, 0.15) is 0 Å². The third kappa shape index (κ3) is 1.60. The van der Waals surface area contributed by atoms with E-state index in [0.717, 1.165) is 16.9 Å². The molecule has 17 heavy (non-hydrogen) atoms. The van der Waals surface area contributed by atoms with Crippen LogP contribution in [0.15, 0.2) is 30.5 Å². The molecule has 0 aliphatic carbocycles. The van der Waals surface area contributed by atoms with Gasteiger partial charge in [0.25, 0.3) is 0 Å². The van der Waals surface area contributed by atoms with Crippen molar-refractivity contribution in [1.29, 1.82) is 0 Å². The minimum absolute atomic E-state index is 0.255. The number of hydrogen-bond donors (Lipinski definition) is 1. The number of nitrogens with zero attached hydrogens (tertiary/aromatic N) is 2. The molecular weight excluding hydrogens is 220 g/mol. The lowest BCUT2D eigenvalue weighted by Crippen LogP contribution is -2.03. The highest BCUT2D eigenvalue weighted by molar-refractivity contribution is 5.88. The smallest absolute Gasteiger partial charge is 0.335 e. The maximum Gasteiger partial charge on any atom is 0.335 e. The van der Waals surface area contributed by atoms with Crippen molar-refractivity contribution in [3.63, 3.8) is 0 Å². The van der Waals surface area contributed by atoms with Gasteiger partial charge in [-0.1, -0.05) is 6.07 Å². The molecule has 0 saturated carbocycles. The summed E-state index contributed by atoms with van der Waals surface area (Å²) in [6.07, 6.45) is 1.76. The second kappa shape index (κ2) is 3.71. The maximum atomic E-state index is 10.9. The number of carboxylic acid groups (broad SMARTS) is 1. The summed E-state index contributed by atoms with van der Waals surface area (Å²) in [5, 5.41) is 13.2. The average Bonchev–Trinajstić information content (AvgIpc) is 2.90. The number of aromatic nitrogens is 2. The Balaban J connectivity index is 2.09. The Morgan fingerprint density at radius 2 is 2.29 bits per heavy atom. The molecule has 0 spiro atoms. The van der Waals surface area contributed by atoms with Crippen molar-refractivity contribution in [1.82, 2.24) is 9.78 Å². The zero-order valence-corrected chi connectivity index (χ0v) is 8.96. The van der Waals surface area contributed by atoms with Crippen molar-refractivity contribution in [2.24, 2.45) is 0 Å². The molecule has 2 aromatic rings. The van der Waals surface area contributed by atoms with Crippen molar-refractivity contribution >= 4 is 5.97 Å². The van der Waals surface area contributed by atoms with Crippen LogP contribution in [0.5, 0.6) is 0 Å². The Morgan fingerprint density at radius 1 is 1.41 bits per heavy atom. The highest BCUT2D eigenvalue weighted by Crippen LogP contribution is 2.22. The van der Waals surface area contributed by atoms with Crippen LogP contribution in [-0.4, -0.2) is 20.9 Å². The van der Waals surface area contributed by atoms with Gasteiger partial charge < -0.3 is 9.84 Å². The molecule has 0 fully saturated rings. The van der Waals surface area contributed by atoms with Gasteiger partial charge in [0, 0.05) is 5.56 Å². The summed E-state index contributed by atoms with van der Waals surface area (Å²) in [6.45, 7) is 1.10. The highest BCUT2D eigenvalue weighted by atomic mass is 16.5. The van der Waals surface area contributed by atoms with Gasteiger partial charge >= 0.3 is 5.97 Å². The van der Waals surface area contributed by atoms with Crippen molar-refractivity contribution in [2.45, 2.75) is 13.2 Å². The summed E-state index contributed by atoms with van der Waals surface area (Å²) in [4.78, 5) is 10.9. The molecule has 0 unspecified atom stereocenters. The second-order valence-corrected chi connectivity index (χ2v) is 3.88. The second-order valence-electron chi connectivity index (χ2n) is 3.88. The Labute approximate surface area is 97.3 Å². The quantitative estimate of drug-likeness (QED) is 0.851. The van der Waals surface area contributed by atoms with Gasteiger partial charge in [0.05, 0.1) is 36.4 Å². The fraction of sp³-hybridized carbons (Fsp3) is 0.167. The Hall–Kier alpha value is -2.14. The van der Waals surface area contributed by atoms with E-state index in [0.29, 0.717) is 13.2 Å². The van der Waals surface area contributed by atoms with Crippen LogP contribution in [0.1, 0.15) is 21.6 Å². The van der Waals surface area contributed by atoms with Gasteiger partial charge in [0.15, 0.2) is 0 Å². The van der Waals surface area contributed by atoms with Crippen LogP contribution in [0.25, 0.3) is 5.69 Å². The summed E-state index contributed by atoms with van der Waals surface area (Å²) in [5.74, 6) is -0.938. The van der Waals surface area contributed by atoms with Gasteiger partial charge in [0.2, 0.25) is 0 Å². The van der Waals surface area contributed by atoms with Gasteiger partial charge in [-0.15, -0.1) is 0 Å². The minimum Gasteiger partial charge on any atom is -0.478 e. The summed E-state index contributed by atoms with van der Waals surface area (Å²) >= 11 is 0. The van der Waals surface area contributed by atoms with E-state index < -0.39 is 5.97 Å². The highest BCUT2D eigenvalue weighted by Gasteiger charge is 2.18. The number of benzene rings is 1. The van der Waals surface area contributed by atoms with Crippen LogP contribution in [0.3, 0.4) is 0 Å². The van der Waals surface area contributed by atoms with Gasteiger partial charge in [-0.2, -0.15) is 5.10 Å². The lowest BCUT2D eigenvalue weighted by molar-refractivity contribution is 0.0697. The van der Waals surface area contributed by atoms with E-state index in [9.17, 15) is 4.79 Å². The molecule has 3 rings (SSSR count). The molecule has 1 aliphatic rings. The molecule has 5 nitrogen and oxygen atoms in total. The van der Waals surface area contributed by atoms with Crippen molar-refractivity contribution in [3.8, 4) is 5.69 Å². The molecule has 0 amide bonds. The Kier molecular flexibility index (Phi) is 2.19. The fourth-order valence-corrected chi connectivity index (χ4v) is 1.93. The first kappa shape index (κ1) is 10.0. The summed E-state index contributed by atoms with van der Waals surface area (Å²) in [7, 11) is 0. The molecular formula is C12H10N2O3. The average molecular weight is 230 g/mol. The van der Waals surface area contributed by atoms with E-state index >= 15 is 0 Å². The number of fused-ring (bicyclic) bond motifs is 1. The van der Waals surface area contributed by atoms with Crippen LogP contribution in [0.4, 0.5) is 0 Å². The molecule has 1 aromatic carbocycles. The predicted molar refractivity (Wildman–Crippen MR) is 59.0 cm³/mol. The number of ether oxygens (including phenoxy) is 1. The third-order valence-electron chi connectivity index (χ3n) is 2.79. The van der Waals surface area contributed by atoms with Crippen LogP contribution in [-0.2, 0) is 18.0 Å². The molecule has 0 bridgehead atoms. The molecule has 0 atom stereocenters. The van der Waals surface area contributed by atoms with Gasteiger partial charge in [-0.05, 0) is 18.2 Å². The summed E-state index contributed by atoms with van der Waals surface area (Å²) < 4.78 is 7.05. The number of carbonyl (C=O) groups is 1. The molecule has 1 aromatic heterocycles. The molecule has 1 aliphatic heterocycles. The van der Waals surface area contributed by atoms with Crippen molar-refractivity contribution in [2.75, 3.05) is 0 Å². The predicted octanol–water partition coefficient (Wildman–Crippen LogP) is 1.60. The first-order chi connectivity index (χ1) is 8.25. The number of hydrogen-bond acceptors (Lipinski definition) is 3. The zero-order chi connectivity index (χ0) is 11.8. The number of carboxylic acids is 1. The van der Waals surface area contributed by atoms with Crippen LogP contribution < -0.4 is 0 Å². The summed E-state index contributed by atoms with van der Waals surface area (Å²) in [5.41, 5.74) is 3.06. The van der Waals surface area contributed by atoms with E-state index in [1.54, 1.807) is 29.1 Å². The van der Waals surface area contributed by atoms with E-state index in [-0.39, 0.29) is 5.56 Å². The van der Waals surface area contributed by atoms with Crippen molar-refractivity contribution < 1.29 is 14.6 Å². The largest absolute Gasteiger partial charge is 0.478 e. The molecule has 0 radical (unpaired) electrons.